The van der Waals surface area contributed by atoms with E-state index in [1.54, 1.807) is 29.1 Å². The molecule has 2 aromatic heterocycles. The summed E-state index contributed by atoms with van der Waals surface area (Å²) < 4.78 is 1.75. The lowest BCUT2D eigenvalue weighted by molar-refractivity contribution is 0.0941. The molecule has 0 bridgehead atoms. The van der Waals surface area contributed by atoms with E-state index in [-0.39, 0.29) is 29.1 Å². The lowest BCUT2D eigenvalue weighted by atomic mass is 10.1. The lowest BCUT2D eigenvalue weighted by Crippen LogP contribution is -2.34. The van der Waals surface area contributed by atoms with Gasteiger partial charge in [0.25, 0.3) is 5.91 Å². The fourth-order valence-corrected chi connectivity index (χ4v) is 3.88. The van der Waals surface area contributed by atoms with Gasteiger partial charge in [0, 0.05) is 35.6 Å². The molecule has 1 aliphatic rings. The van der Waals surface area contributed by atoms with Crippen LogP contribution in [-0.2, 0) is 0 Å². The largest absolute Gasteiger partial charge is 0.392 e. The second kappa shape index (κ2) is 8.75. The van der Waals surface area contributed by atoms with Crippen molar-refractivity contribution in [2.75, 3.05) is 0 Å². The van der Waals surface area contributed by atoms with Crippen molar-refractivity contribution in [1.29, 1.82) is 0 Å². The molecular formula is C25H25N3O3. The van der Waals surface area contributed by atoms with E-state index in [1.807, 2.05) is 38.1 Å². The number of pyridine rings is 2. The molecule has 1 aromatic carbocycles. The van der Waals surface area contributed by atoms with E-state index in [4.69, 9.17) is 0 Å². The summed E-state index contributed by atoms with van der Waals surface area (Å²) in [5.74, 6) is 5.94. The molecule has 1 aliphatic carbocycles. The van der Waals surface area contributed by atoms with Crippen LogP contribution in [0.4, 0.5) is 0 Å². The number of nitrogens with zero attached hydrogens (tertiary/aromatic N) is 2. The van der Waals surface area contributed by atoms with Gasteiger partial charge >= 0.3 is 0 Å². The van der Waals surface area contributed by atoms with E-state index in [0.717, 1.165) is 30.5 Å². The average Bonchev–Trinajstić information content (AvgIpc) is 3.17. The smallest absolute Gasteiger partial charge is 0.256 e. The summed E-state index contributed by atoms with van der Waals surface area (Å²) >= 11 is 0. The summed E-state index contributed by atoms with van der Waals surface area (Å²) in [7, 11) is 0. The molecule has 6 nitrogen and oxygen atoms in total. The van der Waals surface area contributed by atoms with E-state index >= 15 is 0 Å². The van der Waals surface area contributed by atoms with E-state index in [1.165, 1.54) is 0 Å². The van der Waals surface area contributed by atoms with Gasteiger partial charge < -0.3 is 15.0 Å². The number of benzene rings is 1. The Morgan fingerprint density at radius 3 is 2.84 bits per heavy atom. The molecule has 3 aromatic rings. The van der Waals surface area contributed by atoms with Gasteiger partial charge in [0.1, 0.15) is 11.2 Å². The van der Waals surface area contributed by atoms with Crippen molar-refractivity contribution in [2.24, 2.45) is 5.92 Å². The van der Waals surface area contributed by atoms with Crippen LogP contribution in [0.25, 0.3) is 16.7 Å². The molecule has 31 heavy (non-hydrogen) atoms. The number of carbonyl (C=O) groups is 1. The highest BCUT2D eigenvalue weighted by Gasteiger charge is 2.23. The number of carbonyl (C=O) groups excluding carboxylic acids is 1. The maximum atomic E-state index is 12.9. The zero-order valence-corrected chi connectivity index (χ0v) is 17.6. The molecular weight excluding hydrogens is 390 g/mol. The third-order valence-corrected chi connectivity index (χ3v) is 5.43. The second-order valence-electron chi connectivity index (χ2n) is 8.17. The molecule has 0 spiro atoms. The SMILES string of the molecule is CC(C)NC(=O)c1cn(-c2cccc(C#CC3CCCC3O)c2)c2ncccc2c1=O. The minimum Gasteiger partial charge on any atom is -0.392 e. The van der Waals surface area contributed by atoms with Gasteiger partial charge in [-0.2, -0.15) is 0 Å². The van der Waals surface area contributed by atoms with E-state index in [2.05, 4.69) is 22.1 Å². The maximum absolute atomic E-state index is 12.9. The quantitative estimate of drug-likeness (QED) is 0.644. The summed E-state index contributed by atoms with van der Waals surface area (Å²) in [6.07, 6.45) is 5.52. The maximum Gasteiger partial charge on any atom is 0.256 e. The van der Waals surface area contributed by atoms with Crippen molar-refractivity contribution in [2.45, 2.75) is 45.3 Å². The third kappa shape index (κ3) is 4.37. The Bertz CT molecular complexity index is 1250. The van der Waals surface area contributed by atoms with Crippen LogP contribution in [0.5, 0.6) is 0 Å². The monoisotopic (exact) mass is 415 g/mol. The average molecular weight is 415 g/mol. The van der Waals surface area contributed by atoms with Gasteiger partial charge in [0.2, 0.25) is 5.43 Å². The third-order valence-electron chi connectivity index (χ3n) is 5.43. The van der Waals surface area contributed by atoms with E-state index in [9.17, 15) is 14.7 Å². The summed E-state index contributed by atoms with van der Waals surface area (Å²) in [6.45, 7) is 3.70. The Hall–Kier alpha value is -3.43. The van der Waals surface area contributed by atoms with Crippen LogP contribution in [0.3, 0.4) is 0 Å². The Kier molecular flexibility index (Phi) is 5.88. The molecule has 2 N–H and O–H groups in total. The number of aliphatic hydroxyl groups is 1. The molecule has 2 atom stereocenters. The van der Waals surface area contributed by atoms with Gasteiger partial charge in [-0.3, -0.25) is 9.59 Å². The van der Waals surface area contributed by atoms with Gasteiger partial charge in [-0.05, 0) is 63.4 Å². The predicted molar refractivity (Wildman–Crippen MR) is 120 cm³/mol. The van der Waals surface area contributed by atoms with Crippen LogP contribution in [-0.4, -0.2) is 32.7 Å². The minimum atomic E-state index is -0.411. The van der Waals surface area contributed by atoms with Crippen molar-refractivity contribution >= 4 is 16.9 Å². The van der Waals surface area contributed by atoms with Crippen LogP contribution >= 0.6 is 0 Å². The first-order chi connectivity index (χ1) is 14.9. The van der Waals surface area contributed by atoms with Crippen LogP contribution in [0.1, 0.15) is 49.0 Å². The van der Waals surface area contributed by atoms with E-state index in [0.29, 0.717) is 11.0 Å². The van der Waals surface area contributed by atoms with Crippen molar-refractivity contribution in [3.8, 4) is 17.5 Å². The normalized spacial score (nSPS) is 18.1. The number of aromatic nitrogens is 2. The predicted octanol–water partition coefficient (Wildman–Crippen LogP) is 3.04. The summed E-state index contributed by atoms with van der Waals surface area (Å²) in [6, 6.07) is 10.9. The highest BCUT2D eigenvalue weighted by Crippen LogP contribution is 2.25. The molecule has 1 fully saturated rings. The molecule has 1 saturated carbocycles. The lowest BCUT2D eigenvalue weighted by Gasteiger charge is -2.14. The van der Waals surface area contributed by atoms with Gasteiger partial charge in [-0.1, -0.05) is 17.9 Å². The highest BCUT2D eigenvalue weighted by molar-refractivity contribution is 5.97. The molecule has 0 saturated heterocycles. The van der Waals surface area contributed by atoms with Gasteiger partial charge in [0.15, 0.2) is 0 Å². The topological polar surface area (TPSA) is 84.2 Å². The Balaban J connectivity index is 1.81. The van der Waals surface area contributed by atoms with Crippen LogP contribution in [0.2, 0.25) is 0 Å². The molecule has 1 amide bonds. The van der Waals surface area contributed by atoms with Crippen molar-refractivity contribution < 1.29 is 9.90 Å². The number of hydrogen-bond acceptors (Lipinski definition) is 4. The fraction of sp³-hybridized carbons (Fsp3) is 0.320. The molecule has 158 valence electrons. The Morgan fingerprint density at radius 1 is 1.26 bits per heavy atom. The number of amides is 1. The number of rotatable bonds is 3. The van der Waals surface area contributed by atoms with Gasteiger partial charge in [-0.15, -0.1) is 0 Å². The summed E-state index contributed by atoms with van der Waals surface area (Å²) in [4.78, 5) is 30.0. The first kappa shape index (κ1) is 20.8. The van der Waals surface area contributed by atoms with Crippen molar-refractivity contribution in [3.05, 3.63) is 70.1 Å². The van der Waals surface area contributed by atoms with Crippen molar-refractivity contribution in [3.63, 3.8) is 0 Å². The highest BCUT2D eigenvalue weighted by atomic mass is 16.3. The number of hydrogen-bond donors (Lipinski definition) is 2. The molecule has 0 aliphatic heterocycles. The zero-order chi connectivity index (χ0) is 22.0. The van der Waals surface area contributed by atoms with Crippen molar-refractivity contribution in [1.82, 2.24) is 14.9 Å². The molecule has 6 heteroatoms. The standard InChI is InChI=1S/C25H25N3O3/c1-16(2)27-25(31)21-15-28(24-20(23(21)30)9-5-13-26-24)19-8-3-6-17(14-19)11-12-18-7-4-10-22(18)29/h3,5-6,8-9,13-16,18,22,29H,4,7,10H2,1-2H3,(H,27,31). The fourth-order valence-electron chi connectivity index (χ4n) is 3.88. The van der Waals surface area contributed by atoms with Gasteiger partial charge in [0.05, 0.1) is 11.5 Å². The van der Waals surface area contributed by atoms with Gasteiger partial charge in [-0.25, -0.2) is 4.98 Å². The van der Waals surface area contributed by atoms with Crippen LogP contribution < -0.4 is 10.7 Å². The number of aliphatic hydroxyl groups excluding tert-OH is 1. The first-order valence-electron chi connectivity index (χ1n) is 10.6. The summed E-state index contributed by atoms with van der Waals surface area (Å²) in [5.41, 5.74) is 1.75. The van der Waals surface area contributed by atoms with Crippen LogP contribution in [0.15, 0.2) is 53.6 Å². The second-order valence-corrected chi connectivity index (χ2v) is 8.17. The molecule has 4 rings (SSSR count). The number of nitrogens with one attached hydrogen (secondary N) is 1. The number of fused-ring (bicyclic) bond motifs is 1. The first-order valence-corrected chi connectivity index (χ1v) is 10.6. The minimum absolute atomic E-state index is 0.00452. The zero-order valence-electron chi connectivity index (χ0n) is 17.6. The summed E-state index contributed by atoms with van der Waals surface area (Å²) in [5, 5.41) is 13.2. The Labute approximate surface area is 180 Å². The molecule has 0 radical (unpaired) electrons. The van der Waals surface area contributed by atoms with E-state index < -0.39 is 5.91 Å². The molecule has 2 unspecified atom stereocenters. The molecule has 2 heterocycles. The Morgan fingerprint density at radius 2 is 2.10 bits per heavy atom. The van der Waals surface area contributed by atoms with Crippen LogP contribution in [0, 0.1) is 17.8 Å².